The lowest BCUT2D eigenvalue weighted by Gasteiger charge is -2.15. The molecule has 3 heteroatoms. The van der Waals surface area contributed by atoms with E-state index in [1.165, 1.54) is 26.9 Å². The lowest BCUT2D eigenvalue weighted by molar-refractivity contribution is 0.262. The molecule has 0 saturated heterocycles. The maximum atomic E-state index is 12.4. The van der Waals surface area contributed by atoms with Crippen molar-refractivity contribution in [2.45, 2.75) is 0 Å². The van der Waals surface area contributed by atoms with Gasteiger partial charge in [-0.15, -0.1) is 0 Å². The molecule has 0 aromatic heterocycles. The van der Waals surface area contributed by atoms with Crippen LogP contribution in [0.2, 0.25) is 0 Å². The third kappa shape index (κ3) is 2.33. The van der Waals surface area contributed by atoms with E-state index in [-0.39, 0.29) is 6.03 Å². The summed E-state index contributed by atoms with van der Waals surface area (Å²) in [5.41, 5.74) is 1.58. The molecule has 0 heterocycles. The van der Waals surface area contributed by atoms with Crippen molar-refractivity contribution >= 4 is 49.7 Å². The number of para-hydroxylation sites is 1. The minimum atomic E-state index is -0.244. The lowest BCUT2D eigenvalue weighted by atomic mass is 9.93. The van der Waals surface area contributed by atoms with Crippen LogP contribution in [0.25, 0.3) is 32.3 Å². The van der Waals surface area contributed by atoms with Crippen LogP contribution in [0, 0.1) is 0 Å². The van der Waals surface area contributed by atoms with Crippen molar-refractivity contribution in [1.29, 1.82) is 0 Å². The fraction of sp³-hybridized carbons (Fsp3) is 0. The molecule has 5 aromatic carbocycles. The van der Waals surface area contributed by atoms with Crippen molar-refractivity contribution in [2.24, 2.45) is 0 Å². The van der Waals surface area contributed by atoms with E-state index in [0.29, 0.717) is 0 Å². The van der Waals surface area contributed by atoms with Crippen LogP contribution in [0.4, 0.5) is 16.2 Å². The molecule has 2 N–H and O–H groups in total. The summed E-state index contributed by atoms with van der Waals surface area (Å²) < 4.78 is 0. The smallest absolute Gasteiger partial charge is 0.308 e. The van der Waals surface area contributed by atoms with Gasteiger partial charge in [0, 0.05) is 11.1 Å². The second-order valence-corrected chi connectivity index (χ2v) is 6.41. The molecule has 0 radical (unpaired) electrons. The SMILES string of the molecule is O=C(Nc1ccccc1)Nc1ccc2ccc3cccc4ccc1c2c34. The largest absolute Gasteiger partial charge is 0.323 e. The highest BCUT2D eigenvalue weighted by atomic mass is 16.2. The number of rotatable bonds is 2. The van der Waals surface area contributed by atoms with E-state index >= 15 is 0 Å². The van der Waals surface area contributed by atoms with Crippen LogP contribution >= 0.6 is 0 Å². The standard InChI is InChI=1S/C23H16N2O/c26-23(24-18-7-2-1-3-8-18)25-20-14-12-17-10-9-15-5-4-6-16-11-13-19(20)22(17)21(15)16/h1-14H,(H2,24,25,26). The van der Waals surface area contributed by atoms with E-state index in [2.05, 4.69) is 59.2 Å². The first-order valence-corrected chi connectivity index (χ1v) is 8.59. The molecule has 0 saturated carbocycles. The summed E-state index contributed by atoms with van der Waals surface area (Å²) >= 11 is 0. The number of benzene rings is 5. The van der Waals surface area contributed by atoms with Crippen LogP contribution in [0.1, 0.15) is 0 Å². The van der Waals surface area contributed by atoms with E-state index < -0.39 is 0 Å². The van der Waals surface area contributed by atoms with Gasteiger partial charge >= 0.3 is 6.03 Å². The van der Waals surface area contributed by atoms with Crippen LogP contribution in [0.5, 0.6) is 0 Å². The minimum Gasteiger partial charge on any atom is -0.308 e. The molecular formula is C23H16N2O. The van der Waals surface area contributed by atoms with E-state index in [9.17, 15) is 4.79 Å². The molecular weight excluding hydrogens is 320 g/mol. The number of carbonyl (C=O) groups excluding carboxylic acids is 1. The van der Waals surface area contributed by atoms with Crippen molar-refractivity contribution < 1.29 is 4.79 Å². The predicted molar refractivity (Wildman–Crippen MR) is 109 cm³/mol. The fourth-order valence-corrected chi connectivity index (χ4v) is 3.65. The lowest BCUT2D eigenvalue weighted by Crippen LogP contribution is -2.19. The molecule has 26 heavy (non-hydrogen) atoms. The number of hydrogen-bond donors (Lipinski definition) is 2. The van der Waals surface area contributed by atoms with Gasteiger partial charge in [0.2, 0.25) is 0 Å². The number of hydrogen-bond acceptors (Lipinski definition) is 1. The minimum absolute atomic E-state index is 0.244. The number of amides is 2. The van der Waals surface area contributed by atoms with Crippen molar-refractivity contribution in [3.63, 3.8) is 0 Å². The Morgan fingerprint density at radius 3 is 2.00 bits per heavy atom. The monoisotopic (exact) mass is 336 g/mol. The number of anilines is 2. The highest BCUT2D eigenvalue weighted by molar-refractivity contribution is 6.26. The van der Waals surface area contributed by atoms with Crippen LogP contribution in [0.15, 0.2) is 84.9 Å². The van der Waals surface area contributed by atoms with E-state index in [4.69, 9.17) is 0 Å². The molecule has 0 unspecified atom stereocenters. The Kier molecular flexibility index (Phi) is 3.25. The first kappa shape index (κ1) is 14.7. The quantitative estimate of drug-likeness (QED) is 0.369. The summed E-state index contributed by atoms with van der Waals surface area (Å²) in [6.07, 6.45) is 0. The van der Waals surface area contributed by atoms with Crippen molar-refractivity contribution in [3.05, 3.63) is 84.9 Å². The molecule has 0 aliphatic heterocycles. The highest BCUT2D eigenvalue weighted by Crippen LogP contribution is 2.37. The predicted octanol–water partition coefficient (Wildman–Crippen LogP) is 6.23. The van der Waals surface area contributed by atoms with Gasteiger partial charge in [-0.25, -0.2) is 4.79 Å². The molecule has 3 nitrogen and oxygen atoms in total. The van der Waals surface area contributed by atoms with Gasteiger partial charge in [0.05, 0.1) is 5.69 Å². The van der Waals surface area contributed by atoms with Gasteiger partial charge in [0.15, 0.2) is 0 Å². The summed E-state index contributed by atoms with van der Waals surface area (Å²) in [5, 5.41) is 13.0. The van der Waals surface area contributed by atoms with Gasteiger partial charge in [0.1, 0.15) is 0 Å². The summed E-state index contributed by atoms with van der Waals surface area (Å²) in [4.78, 5) is 12.4. The number of carbonyl (C=O) groups is 1. The molecule has 5 aromatic rings. The maximum absolute atomic E-state index is 12.4. The second kappa shape index (κ2) is 5.74. The van der Waals surface area contributed by atoms with Gasteiger partial charge in [-0.1, -0.05) is 66.7 Å². The van der Waals surface area contributed by atoms with E-state index in [1.807, 2.05) is 36.4 Å². The van der Waals surface area contributed by atoms with E-state index in [0.717, 1.165) is 16.8 Å². The molecule has 0 fully saturated rings. The van der Waals surface area contributed by atoms with Crippen molar-refractivity contribution in [3.8, 4) is 0 Å². The van der Waals surface area contributed by atoms with Gasteiger partial charge in [-0.05, 0) is 45.1 Å². The van der Waals surface area contributed by atoms with Crippen LogP contribution in [0.3, 0.4) is 0 Å². The number of urea groups is 1. The molecule has 0 atom stereocenters. The Morgan fingerprint density at radius 1 is 0.577 bits per heavy atom. The first-order valence-electron chi connectivity index (χ1n) is 8.59. The first-order chi connectivity index (χ1) is 12.8. The Balaban J connectivity index is 1.61. The average molecular weight is 336 g/mol. The normalized spacial score (nSPS) is 11.2. The Labute approximate surface area is 150 Å². The summed E-state index contributed by atoms with van der Waals surface area (Å²) in [6.45, 7) is 0. The zero-order valence-corrected chi connectivity index (χ0v) is 14.0. The molecule has 0 bridgehead atoms. The average Bonchev–Trinajstić information content (AvgIpc) is 2.68. The Morgan fingerprint density at radius 2 is 1.23 bits per heavy atom. The fourth-order valence-electron chi connectivity index (χ4n) is 3.65. The molecule has 0 spiro atoms. The maximum Gasteiger partial charge on any atom is 0.323 e. The third-order valence-corrected chi connectivity index (χ3v) is 4.81. The topological polar surface area (TPSA) is 41.1 Å². The van der Waals surface area contributed by atoms with Crippen LogP contribution in [-0.2, 0) is 0 Å². The van der Waals surface area contributed by atoms with Gasteiger partial charge in [-0.2, -0.15) is 0 Å². The molecule has 0 aliphatic rings. The van der Waals surface area contributed by atoms with Crippen molar-refractivity contribution in [2.75, 3.05) is 10.6 Å². The summed E-state index contributed by atoms with van der Waals surface area (Å²) in [7, 11) is 0. The van der Waals surface area contributed by atoms with Crippen molar-refractivity contribution in [1.82, 2.24) is 0 Å². The summed E-state index contributed by atoms with van der Waals surface area (Å²) in [5.74, 6) is 0. The Hall–Kier alpha value is -3.59. The molecule has 124 valence electrons. The van der Waals surface area contributed by atoms with Gasteiger partial charge < -0.3 is 10.6 Å². The summed E-state index contributed by atoms with van der Waals surface area (Å²) in [6, 6.07) is 28.0. The van der Waals surface area contributed by atoms with Crippen LogP contribution in [-0.4, -0.2) is 6.03 Å². The molecule has 0 aliphatic carbocycles. The molecule has 2 amide bonds. The van der Waals surface area contributed by atoms with Gasteiger partial charge in [0.25, 0.3) is 0 Å². The van der Waals surface area contributed by atoms with E-state index in [1.54, 1.807) is 0 Å². The van der Waals surface area contributed by atoms with Crippen LogP contribution < -0.4 is 10.6 Å². The second-order valence-electron chi connectivity index (χ2n) is 6.41. The molecule has 5 rings (SSSR count). The van der Waals surface area contributed by atoms with Gasteiger partial charge in [-0.3, -0.25) is 0 Å². The third-order valence-electron chi connectivity index (χ3n) is 4.81. The zero-order valence-electron chi connectivity index (χ0n) is 14.0. The highest BCUT2D eigenvalue weighted by Gasteiger charge is 2.12. The Bertz CT molecular complexity index is 1230. The number of nitrogens with one attached hydrogen (secondary N) is 2. The zero-order chi connectivity index (χ0) is 17.5.